The number of hydrogen-bond donors (Lipinski definition) is 1. The zero-order chi connectivity index (χ0) is 13.9. The van der Waals surface area contributed by atoms with Crippen molar-refractivity contribution in [2.45, 2.75) is 39.0 Å². The van der Waals surface area contributed by atoms with Crippen molar-refractivity contribution in [3.8, 4) is 0 Å². The Morgan fingerprint density at radius 1 is 1.37 bits per heavy atom. The molecule has 0 spiro atoms. The summed E-state index contributed by atoms with van der Waals surface area (Å²) in [5.74, 6) is 0. The molecule has 0 aliphatic carbocycles. The first-order chi connectivity index (χ1) is 9.01. The topological polar surface area (TPSA) is 66.0 Å². The third-order valence-electron chi connectivity index (χ3n) is 2.99. The zero-order valence-electron chi connectivity index (χ0n) is 11.9. The number of rotatable bonds is 6. The largest absolute Gasteiger partial charge is 0.359 e. The van der Waals surface area contributed by atoms with E-state index in [2.05, 4.69) is 29.7 Å². The lowest BCUT2D eigenvalue weighted by atomic mass is 10.3. The molecule has 104 valence electrons. The van der Waals surface area contributed by atoms with E-state index in [9.17, 15) is 0 Å². The molecule has 0 atom stereocenters. The Kier molecular flexibility index (Phi) is 4.33. The number of ether oxygens (including phenoxy) is 1. The standard InChI is InChI=1S/C13H22N4OSi/c1-19(2,3)8-7-18-10-17-13-11(5-4-6-15-13)12(9-14)16-17/h4-6H,7-10,14H2,1-3H3. The Morgan fingerprint density at radius 2 is 2.16 bits per heavy atom. The minimum Gasteiger partial charge on any atom is -0.359 e. The van der Waals surface area contributed by atoms with Crippen LogP contribution in [0.3, 0.4) is 0 Å². The average Bonchev–Trinajstić information content (AvgIpc) is 2.72. The predicted octanol–water partition coefficient (Wildman–Crippen LogP) is 2.20. The molecule has 0 radical (unpaired) electrons. The molecule has 19 heavy (non-hydrogen) atoms. The van der Waals surface area contributed by atoms with Crippen LogP contribution in [0.15, 0.2) is 18.3 Å². The van der Waals surface area contributed by atoms with Gasteiger partial charge in [-0.15, -0.1) is 0 Å². The van der Waals surface area contributed by atoms with Gasteiger partial charge >= 0.3 is 0 Å². The van der Waals surface area contributed by atoms with Crippen LogP contribution in [0.25, 0.3) is 11.0 Å². The van der Waals surface area contributed by atoms with E-state index in [1.54, 1.807) is 10.9 Å². The summed E-state index contributed by atoms with van der Waals surface area (Å²) in [6, 6.07) is 5.05. The highest BCUT2D eigenvalue weighted by Gasteiger charge is 2.13. The number of fused-ring (bicyclic) bond motifs is 1. The third-order valence-corrected chi connectivity index (χ3v) is 4.69. The van der Waals surface area contributed by atoms with Crippen LogP contribution in [0.5, 0.6) is 0 Å². The quantitative estimate of drug-likeness (QED) is 0.650. The van der Waals surface area contributed by atoms with Crippen LogP contribution in [-0.4, -0.2) is 29.4 Å². The van der Waals surface area contributed by atoms with Gasteiger partial charge in [0.1, 0.15) is 6.73 Å². The van der Waals surface area contributed by atoms with E-state index < -0.39 is 8.07 Å². The lowest BCUT2D eigenvalue weighted by Gasteiger charge is -2.15. The average molecular weight is 278 g/mol. The molecule has 0 aliphatic rings. The molecule has 2 aromatic rings. The molecule has 0 bridgehead atoms. The van der Waals surface area contributed by atoms with Crippen molar-refractivity contribution < 1.29 is 4.74 Å². The first kappa shape index (κ1) is 14.2. The summed E-state index contributed by atoms with van der Waals surface area (Å²) in [5, 5.41) is 5.47. The van der Waals surface area contributed by atoms with E-state index >= 15 is 0 Å². The maximum Gasteiger partial charge on any atom is 0.160 e. The van der Waals surface area contributed by atoms with Gasteiger partial charge in [-0.1, -0.05) is 19.6 Å². The van der Waals surface area contributed by atoms with Crippen LogP contribution in [-0.2, 0) is 18.0 Å². The highest BCUT2D eigenvalue weighted by atomic mass is 28.3. The van der Waals surface area contributed by atoms with E-state index in [0.29, 0.717) is 13.3 Å². The Hall–Kier alpha value is -1.24. The fourth-order valence-electron chi connectivity index (χ4n) is 1.85. The molecule has 0 fully saturated rings. The Labute approximate surface area is 114 Å². The van der Waals surface area contributed by atoms with Crippen LogP contribution >= 0.6 is 0 Å². The molecule has 5 nitrogen and oxygen atoms in total. The second kappa shape index (κ2) is 5.81. The van der Waals surface area contributed by atoms with E-state index in [1.165, 1.54) is 0 Å². The zero-order valence-corrected chi connectivity index (χ0v) is 12.9. The van der Waals surface area contributed by atoms with Crippen LogP contribution in [0, 0.1) is 0 Å². The Morgan fingerprint density at radius 3 is 2.84 bits per heavy atom. The van der Waals surface area contributed by atoms with Gasteiger partial charge in [0, 0.05) is 32.8 Å². The number of nitrogens with two attached hydrogens (primary N) is 1. The lowest BCUT2D eigenvalue weighted by Crippen LogP contribution is -2.22. The van der Waals surface area contributed by atoms with Gasteiger partial charge in [-0.2, -0.15) is 5.10 Å². The molecule has 0 aliphatic heterocycles. The van der Waals surface area contributed by atoms with Crippen molar-refractivity contribution in [3.63, 3.8) is 0 Å². The number of aromatic nitrogens is 3. The van der Waals surface area contributed by atoms with Gasteiger partial charge in [-0.3, -0.25) is 0 Å². The molecule has 0 unspecified atom stereocenters. The normalized spacial score (nSPS) is 12.2. The molecule has 6 heteroatoms. The number of pyridine rings is 1. The summed E-state index contributed by atoms with van der Waals surface area (Å²) in [7, 11) is -1.04. The molecule has 0 saturated carbocycles. The van der Waals surface area contributed by atoms with Gasteiger partial charge in [0.05, 0.1) is 5.69 Å². The first-order valence-corrected chi connectivity index (χ1v) is 10.3. The van der Waals surface area contributed by atoms with Crippen molar-refractivity contribution in [1.29, 1.82) is 0 Å². The van der Waals surface area contributed by atoms with Gasteiger partial charge in [-0.05, 0) is 18.2 Å². The van der Waals surface area contributed by atoms with E-state index in [4.69, 9.17) is 10.5 Å². The van der Waals surface area contributed by atoms with Crippen LogP contribution in [0.1, 0.15) is 5.69 Å². The molecule has 2 heterocycles. The van der Waals surface area contributed by atoms with E-state index in [-0.39, 0.29) is 0 Å². The molecule has 0 amide bonds. The van der Waals surface area contributed by atoms with Crippen molar-refractivity contribution in [1.82, 2.24) is 14.8 Å². The highest BCUT2D eigenvalue weighted by molar-refractivity contribution is 6.76. The maximum absolute atomic E-state index is 5.72. The second-order valence-corrected chi connectivity index (χ2v) is 11.5. The number of nitrogens with zero attached hydrogens (tertiary/aromatic N) is 3. The third kappa shape index (κ3) is 3.62. The van der Waals surface area contributed by atoms with Crippen LogP contribution in [0.4, 0.5) is 0 Å². The minimum atomic E-state index is -1.04. The molecule has 0 saturated heterocycles. The molecular weight excluding hydrogens is 256 g/mol. The molecule has 2 N–H and O–H groups in total. The van der Waals surface area contributed by atoms with Crippen LogP contribution in [0.2, 0.25) is 25.7 Å². The van der Waals surface area contributed by atoms with Gasteiger partial charge in [-0.25, -0.2) is 9.67 Å². The lowest BCUT2D eigenvalue weighted by molar-refractivity contribution is 0.0810. The summed E-state index contributed by atoms with van der Waals surface area (Å²) in [6.07, 6.45) is 1.77. The molecular formula is C13H22N4OSi. The van der Waals surface area contributed by atoms with Gasteiger partial charge in [0.2, 0.25) is 0 Å². The Balaban J connectivity index is 2.05. The minimum absolute atomic E-state index is 0.421. The van der Waals surface area contributed by atoms with E-state index in [0.717, 1.165) is 29.4 Å². The van der Waals surface area contributed by atoms with Crippen molar-refractivity contribution in [2.24, 2.45) is 5.73 Å². The summed E-state index contributed by atoms with van der Waals surface area (Å²) < 4.78 is 7.51. The van der Waals surface area contributed by atoms with Gasteiger partial charge in [0.25, 0.3) is 0 Å². The summed E-state index contributed by atoms with van der Waals surface area (Å²) in [4.78, 5) is 4.35. The van der Waals surface area contributed by atoms with Crippen molar-refractivity contribution in [3.05, 3.63) is 24.0 Å². The van der Waals surface area contributed by atoms with E-state index in [1.807, 2.05) is 12.1 Å². The fourth-order valence-corrected chi connectivity index (χ4v) is 2.60. The monoisotopic (exact) mass is 278 g/mol. The molecule has 0 aromatic carbocycles. The smallest absolute Gasteiger partial charge is 0.160 e. The van der Waals surface area contributed by atoms with Gasteiger partial charge in [0.15, 0.2) is 5.65 Å². The SMILES string of the molecule is C[Si](C)(C)CCOCn1nc(CN)c2cccnc21. The molecule has 2 aromatic heterocycles. The summed E-state index contributed by atoms with van der Waals surface area (Å²) in [5.41, 5.74) is 7.42. The van der Waals surface area contributed by atoms with Crippen molar-refractivity contribution >= 4 is 19.1 Å². The first-order valence-electron chi connectivity index (χ1n) is 6.59. The Bertz CT molecular complexity index is 547. The second-order valence-electron chi connectivity index (χ2n) is 5.87. The fraction of sp³-hybridized carbons (Fsp3) is 0.538. The maximum atomic E-state index is 5.72. The van der Waals surface area contributed by atoms with Crippen LogP contribution < -0.4 is 5.73 Å². The highest BCUT2D eigenvalue weighted by Crippen LogP contribution is 2.16. The summed E-state index contributed by atoms with van der Waals surface area (Å²) in [6.45, 7) is 8.67. The summed E-state index contributed by atoms with van der Waals surface area (Å²) >= 11 is 0. The molecule has 2 rings (SSSR count). The number of hydrogen-bond acceptors (Lipinski definition) is 4. The van der Waals surface area contributed by atoms with Crippen molar-refractivity contribution in [2.75, 3.05) is 6.61 Å². The van der Waals surface area contributed by atoms with Gasteiger partial charge < -0.3 is 10.5 Å². The predicted molar refractivity (Wildman–Crippen MR) is 79.5 cm³/mol.